The van der Waals surface area contributed by atoms with Crippen molar-refractivity contribution in [1.29, 1.82) is 0 Å². The van der Waals surface area contributed by atoms with E-state index >= 15 is 0 Å². The van der Waals surface area contributed by atoms with E-state index in [1.807, 2.05) is 0 Å². The molecule has 0 bridgehead atoms. The Balaban J connectivity index is 2.60. The van der Waals surface area contributed by atoms with Gasteiger partial charge in [0, 0.05) is 32.0 Å². The highest BCUT2D eigenvalue weighted by Gasteiger charge is 2.42. The number of carbonyl (C=O) groups excluding carboxylic acids is 1. The normalized spacial score (nSPS) is 20.9. The first-order chi connectivity index (χ1) is 9.15. The number of likely N-dealkylation sites (tertiary alicyclic amines) is 1. The number of amides is 1. The van der Waals surface area contributed by atoms with Crippen LogP contribution in [0.1, 0.15) is 40.0 Å². The molecule has 1 unspecified atom stereocenters. The largest absolute Gasteiger partial charge is 0.444 e. The van der Waals surface area contributed by atoms with Crippen LogP contribution in [0, 0.1) is 5.92 Å². The van der Waals surface area contributed by atoms with Crippen molar-refractivity contribution in [2.75, 3.05) is 26.7 Å². The van der Waals surface area contributed by atoms with Crippen LogP contribution in [0.5, 0.6) is 0 Å². The van der Waals surface area contributed by atoms with Crippen LogP contribution in [0.25, 0.3) is 0 Å². The lowest BCUT2D eigenvalue weighted by atomic mass is 9.90. The number of hydrogen-bond donors (Lipinski definition) is 1. The third kappa shape index (κ3) is 5.23. The molecule has 1 rings (SSSR count). The number of halogens is 2. The van der Waals surface area contributed by atoms with Gasteiger partial charge in [-0.2, -0.15) is 0 Å². The smallest absolute Gasteiger partial charge is 0.410 e. The maximum atomic E-state index is 14.1. The molecule has 0 aromatic rings. The van der Waals surface area contributed by atoms with Crippen LogP contribution in [-0.4, -0.2) is 49.2 Å². The molecule has 0 aromatic carbocycles. The molecule has 0 aromatic heterocycles. The van der Waals surface area contributed by atoms with Gasteiger partial charge in [-0.05, 0) is 40.7 Å². The number of hydrogen-bond acceptors (Lipinski definition) is 3. The number of rotatable bonds is 4. The number of alkyl halides is 2. The Labute approximate surface area is 119 Å². The lowest BCUT2D eigenvalue weighted by molar-refractivity contribution is -0.0874. The molecule has 1 atom stereocenters. The molecule has 0 radical (unpaired) electrons. The maximum Gasteiger partial charge on any atom is 0.410 e. The fraction of sp³-hybridized carbons (Fsp3) is 0.929. The zero-order chi connectivity index (χ0) is 15.4. The monoisotopic (exact) mass is 292 g/mol. The van der Waals surface area contributed by atoms with Crippen LogP contribution >= 0.6 is 0 Å². The molecule has 1 amide bonds. The topological polar surface area (TPSA) is 41.6 Å². The first-order valence-corrected chi connectivity index (χ1v) is 7.16. The Morgan fingerprint density at radius 3 is 2.60 bits per heavy atom. The number of nitrogens with zero attached hydrogens (tertiary/aromatic N) is 1. The van der Waals surface area contributed by atoms with Crippen molar-refractivity contribution < 1.29 is 18.3 Å². The van der Waals surface area contributed by atoms with Crippen LogP contribution in [0.4, 0.5) is 13.6 Å². The molecule has 20 heavy (non-hydrogen) atoms. The van der Waals surface area contributed by atoms with Crippen LogP contribution in [0.2, 0.25) is 0 Å². The molecule has 0 aliphatic carbocycles. The zero-order valence-corrected chi connectivity index (χ0v) is 12.8. The van der Waals surface area contributed by atoms with Crippen molar-refractivity contribution in [2.45, 2.75) is 51.6 Å². The van der Waals surface area contributed by atoms with Gasteiger partial charge >= 0.3 is 6.09 Å². The SMILES string of the molecule is CNCCC(F)(F)C1CCCN(C(=O)OC(C)(C)C)C1. The lowest BCUT2D eigenvalue weighted by Crippen LogP contribution is -2.48. The molecule has 1 heterocycles. The lowest BCUT2D eigenvalue weighted by Gasteiger charge is -2.37. The molecular formula is C14H26F2N2O2. The van der Waals surface area contributed by atoms with E-state index in [4.69, 9.17) is 4.74 Å². The fourth-order valence-corrected chi connectivity index (χ4v) is 2.31. The van der Waals surface area contributed by atoms with Gasteiger partial charge < -0.3 is 15.0 Å². The summed E-state index contributed by atoms with van der Waals surface area (Å²) in [7, 11) is 1.66. The Morgan fingerprint density at radius 2 is 2.05 bits per heavy atom. The van der Waals surface area contributed by atoms with E-state index < -0.39 is 23.5 Å². The highest BCUT2D eigenvalue weighted by molar-refractivity contribution is 5.68. The summed E-state index contributed by atoms with van der Waals surface area (Å²) in [5.74, 6) is -3.53. The standard InChI is InChI=1S/C14H26F2N2O2/c1-13(2,3)20-12(19)18-9-5-6-11(10-18)14(15,16)7-8-17-4/h11,17H,5-10H2,1-4H3. The van der Waals surface area contributed by atoms with Gasteiger partial charge in [-0.15, -0.1) is 0 Å². The zero-order valence-electron chi connectivity index (χ0n) is 12.8. The fourth-order valence-electron chi connectivity index (χ4n) is 2.31. The predicted molar refractivity (Wildman–Crippen MR) is 74.0 cm³/mol. The summed E-state index contributed by atoms with van der Waals surface area (Å²) in [5, 5.41) is 2.74. The molecule has 0 spiro atoms. The van der Waals surface area contributed by atoms with Crippen LogP contribution < -0.4 is 5.32 Å². The molecule has 1 aliphatic rings. The molecule has 1 N–H and O–H groups in total. The second kappa shape index (κ2) is 6.70. The summed E-state index contributed by atoms with van der Waals surface area (Å²) < 4.78 is 33.4. The minimum Gasteiger partial charge on any atom is -0.444 e. The maximum absolute atomic E-state index is 14.1. The third-order valence-electron chi connectivity index (χ3n) is 3.38. The van der Waals surface area contributed by atoms with E-state index in [1.54, 1.807) is 27.8 Å². The third-order valence-corrected chi connectivity index (χ3v) is 3.38. The van der Waals surface area contributed by atoms with Crippen molar-refractivity contribution in [2.24, 2.45) is 5.92 Å². The van der Waals surface area contributed by atoms with Gasteiger partial charge in [0.25, 0.3) is 5.92 Å². The van der Waals surface area contributed by atoms with Gasteiger partial charge in [-0.25, -0.2) is 13.6 Å². The van der Waals surface area contributed by atoms with Gasteiger partial charge in [0.2, 0.25) is 0 Å². The summed E-state index contributed by atoms with van der Waals surface area (Å²) >= 11 is 0. The van der Waals surface area contributed by atoms with Crippen molar-refractivity contribution in [3.05, 3.63) is 0 Å². The molecule has 1 aliphatic heterocycles. The molecule has 0 saturated carbocycles. The Hall–Kier alpha value is -0.910. The first kappa shape index (κ1) is 17.1. The van der Waals surface area contributed by atoms with Crippen molar-refractivity contribution in [3.8, 4) is 0 Å². The van der Waals surface area contributed by atoms with Crippen molar-refractivity contribution >= 4 is 6.09 Å². The molecular weight excluding hydrogens is 266 g/mol. The Kier molecular flexibility index (Phi) is 5.74. The minimum atomic E-state index is -2.75. The van der Waals surface area contributed by atoms with Crippen LogP contribution in [-0.2, 0) is 4.74 Å². The summed E-state index contributed by atoms with van der Waals surface area (Å²) in [6.45, 7) is 6.16. The Morgan fingerprint density at radius 1 is 1.40 bits per heavy atom. The van der Waals surface area contributed by atoms with Gasteiger partial charge in [-0.3, -0.25) is 0 Å². The van der Waals surface area contributed by atoms with E-state index in [0.717, 1.165) is 0 Å². The summed E-state index contributed by atoms with van der Waals surface area (Å²) in [6, 6.07) is 0. The van der Waals surface area contributed by atoms with Gasteiger partial charge in [0.05, 0.1) is 0 Å². The number of ether oxygens (including phenoxy) is 1. The number of carbonyl (C=O) groups is 1. The summed E-state index contributed by atoms with van der Waals surface area (Å²) in [5.41, 5.74) is -0.599. The van der Waals surface area contributed by atoms with Crippen LogP contribution in [0.3, 0.4) is 0 Å². The number of nitrogens with one attached hydrogen (secondary N) is 1. The van der Waals surface area contributed by atoms with Gasteiger partial charge in [0.1, 0.15) is 5.60 Å². The molecule has 1 saturated heterocycles. The quantitative estimate of drug-likeness (QED) is 0.866. The Bertz CT molecular complexity index is 330. The minimum absolute atomic E-state index is 0.0750. The van der Waals surface area contributed by atoms with E-state index in [9.17, 15) is 13.6 Å². The van der Waals surface area contributed by atoms with Crippen molar-refractivity contribution in [1.82, 2.24) is 10.2 Å². The average molecular weight is 292 g/mol. The highest BCUT2D eigenvalue weighted by Crippen LogP contribution is 2.34. The first-order valence-electron chi connectivity index (χ1n) is 7.16. The van der Waals surface area contributed by atoms with E-state index in [1.165, 1.54) is 4.90 Å². The second-order valence-corrected chi connectivity index (χ2v) is 6.38. The number of piperidine rings is 1. The van der Waals surface area contributed by atoms with Gasteiger partial charge in [-0.1, -0.05) is 0 Å². The molecule has 6 heteroatoms. The van der Waals surface area contributed by atoms with E-state index in [2.05, 4.69) is 5.32 Å². The van der Waals surface area contributed by atoms with E-state index in [-0.39, 0.29) is 19.5 Å². The molecule has 1 fully saturated rings. The van der Waals surface area contributed by atoms with E-state index in [0.29, 0.717) is 19.4 Å². The summed E-state index contributed by atoms with van der Waals surface area (Å²) in [6.07, 6.45) is 0.359. The average Bonchev–Trinajstić information content (AvgIpc) is 2.34. The highest BCUT2D eigenvalue weighted by atomic mass is 19.3. The van der Waals surface area contributed by atoms with Crippen LogP contribution in [0.15, 0.2) is 0 Å². The van der Waals surface area contributed by atoms with Crippen molar-refractivity contribution in [3.63, 3.8) is 0 Å². The molecule has 4 nitrogen and oxygen atoms in total. The predicted octanol–water partition coefficient (Wildman–Crippen LogP) is 2.88. The summed E-state index contributed by atoms with van der Waals surface area (Å²) in [4.78, 5) is 13.4. The molecule has 118 valence electrons. The second-order valence-electron chi connectivity index (χ2n) is 6.38. The van der Waals surface area contributed by atoms with Gasteiger partial charge in [0.15, 0.2) is 0 Å².